The van der Waals surface area contributed by atoms with Gasteiger partial charge in [0.2, 0.25) is 0 Å². The molecule has 0 aliphatic carbocycles. The first-order valence-corrected chi connectivity index (χ1v) is 39.6. The van der Waals surface area contributed by atoms with E-state index in [9.17, 15) is 0 Å². The molecule has 0 fully saturated rings. The number of hydrogen-bond donors (Lipinski definition) is 8. The first-order valence-electron chi connectivity index (χ1n) is 36.6. The molecule has 5 heterocycles. The average molecular weight is 1690 g/mol. The minimum Gasteiger partial charge on any atom is -0.657 e. The summed E-state index contributed by atoms with van der Waals surface area (Å²) in [6.07, 6.45) is 0. The topological polar surface area (TPSA) is 150 Å². The summed E-state index contributed by atoms with van der Waals surface area (Å²) < 4.78 is 0. The number of halogens is 8. The van der Waals surface area contributed by atoms with Crippen LogP contribution in [-0.4, -0.2) is 9.97 Å². The normalized spacial score (nSPS) is 11.4. The summed E-state index contributed by atoms with van der Waals surface area (Å²) in [7, 11) is 0. The van der Waals surface area contributed by atoms with Gasteiger partial charge >= 0.3 is 17.1 Å². The molecular weight excluding hydrogens is 1620 g/mol. The van der Waals surface area contributed by atoms with Crippen LogP contribution in [0.3, 0.4) is 0 Å². The van der Waals surface area contributed by atoms with E-state index in [-0.39, 0.29) is 57.2 Å². The Balaban J connectivity index is 0.00000964. The molecule has 0 saturated heterocycles. The Kier molecular flexibility index (Phi) is 23.1. The molecule has 15 aromatic rings. The van der Waals surface area contributed by atoms with E-state index in [1.807, 2.05) is 170 Å². The van der Waals surface area contributed by atoms with Gasteiger partial charge in [-0.05, 0) is 90.3 Å². The van der Waals surface area contributed by atoms with Crippen LogP contribution < -0.4 is 52.5 Å². The number of benzene rings is 12. The molecule has 12 nitrogen and oxygen atoms in total. The summed E-state index contributed by atoms with van der Waals surface area (Å²) in [5.74, 6) is 0. The summed E-state index contributed by atoms with van der Waals surface area (Å²) in [4.78, 5) is 23.5. The van der Waals surface area contributed by atoms with Gasteiger partial charge in [-0.3, -0.25) is 0 Å². The molecule has 1 radical (unpaired) electrons. The van der Waals surface area contributed by atoms with Gasteiger partial charge in [-0.2, -0.15) is 0 Å². The third-order valence-electron chi connectivity index (χ3n) is 20.1. The van der Waals surface area contributed by atoms with Crippen LogP contribution >= 0.6 is 92.8 Å². The minimum absolute atomic E-state index is 0. The number of nitrogens with one attached hydrogen (secondary N) is 8. The van der Waals surface area contributed by atoms with Gasteiger partial charge in [-0.15, -0.1) is 22.1 Å². The maximum Gasteiger partial charge on any atom is 2.00 e. The quantitative estimate of drug-likeness (QED) is 0.0272. The first kappa shape index (κ1) is 76.5. The van der Waals surface area contributed by atoms with Crippen LogP contribution in [0, 0.1) is 0 Å². The van der Waals surface area contributed by atoms with Gasteiger partial charge < -0.3 is 52.5 Å². The SMILES string of the molecule is Clc1c(Cl)c(NCc2ccccc2)c2c(c1NCc1ccccc1)-c1cc3[n-]c(cc4nc(cc5[n-]c(cc-2n1)c1c(NCc2ccccc2)c(Cl)c(Cl)c(NCc2ccccc2)c51)-c1c(NCc2ccccc2)c(Cl)c(Cl)c(NCc2ccccc2)c1-4)c1c(NCc2ccccc2)c(Cl)c(Cl)c(NCc2ccccc2)c31.[Cu+2]. The van der Waals surface area contributed by atoms with Crippen molar-refractivity contribution in [3.05, 3.63) is 352 Å². The van der Waals surface area contributed by atoms with Crippen LogP contribution in [0.15, 0.2) is 267 Å². The average Bonchev–Trinajstić information content (AvgIpc) is 1.56. The summed E-state index contributed by atoms with van der Waals surface area (Å²) in [5.41, 5.74) is 18.3. The molecule has 0 amide bonds. The zero-order valence-electron chi connectivity index (χ0n) is 60.2. The maximum atomic E-state index is 7.89. The van der Waals surface area contributed by atoms with Gasteiger partial charge in [0.05, 0.1) is 108 Å². The molecule has 8 bridgehead atoms. The first-order chi connectivity index (χ1) is 54.9. The van der Waals surface area contributed by atoms with E-state index in [2.05, 4.69) is 140 Å². The fraction of sp³-hybridized carbons (Fsp3) is 0.0870. The molecule has 3 aromatic heterocycles. The van der Waals surface area contributed by atoms with Crippen molar-refractivity contribution in [2.24, 2.45) is 0 Å². The third kappa shape index (κ3) is 15.6. The van der Waals surface area contributed by atoms with E-state index in [0.717, 1.165) is 44.5 Å². The van der Waals surface area contributed by atoms with Crippen LogP contribution in [0.1, 0.15) is 44.5 Å². The van der Waals surface area contributed by atoms with Crippen molar-refractivity contribution in [1.29, 1.82) is 0 Å². The molecule has 17 rings (SSSR count). The van der Waals surface area contributed by atoms with Gasteiger partial charge in [-0.25, -0.2) is 9.97 Å². The molecule has 2 aliphatic rings. The third-order valence-corrected chi connectivity index (χ3v) is 23.5. The van der Waals surface area contributed by atoms with Crippen molar-refractivity contribution in [1.82, 2.24) is 19.9 Å². The Morgan fingerprint density at radius 2 is 0.345 bits per heavy atom. The molecule has 0 unspecified atom stereocenters. The van der Waals surface area contributed by atoms with Gasteiger partial charge in [-0.1, -0.05) is 335 Å². The maximum absolute atomic E-state index is 7.89. The summed E-state index contributed by atoms with van der Waals surface area (Å²) >= 11 is 63.1. The van der Waals surface area contributed by atoms with E-state index >= 15 is 0 Å². The van der Waals surface area contributed by atoms with Crippen molar-refractivity contribution >= 4 is 182 Å². The monoisotopic (exact) mass is 1680 g/mol. The van der Waals surface area contributed by atoms with E-state index < -0.39 is 0 Å². The Morgan fingerprint density at radius 3 is 0.504 bits per heavy atom. The Hall–Kier alpha value is -10.5. The summed E-state index contributed by atoms with van der Waals surface area (Å²) in [5, 5.41) is 34.9. The van der Waals surface area contributed by atoms with Crippen molar-refractivity contribution in [2.75, 3.05) is 42.5 Å². The molecule has 0 atom stereocenters. The summed E-state index contributed by atoms with van der Waals surface area (Å²) in [6.45, 7) is 2.84. The van der Waals surface area contributed by atoms with Crippen LogP contribution in [-0.2, 0) is 69.4 Å². The number of fused-ring (bicyclic) bond motifs is 20. The fourth-order valence-electron chi connectivity index (χ4n) is 14.7. The molecule has 0 saturated carbocycles. The van der Waals surface area contributed by atoms with E-state index in [1.54, 1.807) is 0 Å². The number of aromatic nitrogens is 4. The predicted octanol–water partition coefficient (Wildman–Crippen LogP) is 26.7. The molecule has 113 heavy (non-hydrogen) atoms. The Bertz CT molecular complexity index is 5480. The van der Waals surface area contributed by atoms with E-state index in [4.69, 9.17) is 113 Å². The van der Waals surface area contributed by atoms with Crippen molar-refractivity contribution in [2.45, 2.75) is 52.4 Å². The van der Waals surface area contributed by atoms with Crippen LogP contribution in [0.25, 0.3) is 88.6 Å². The zero-order chi connectivity index (χ0) is 76.3. The zero-order valence-corrected chi connectivity index (χ0v) is 67.2. The Labute approximate surface area is 704 Å². The molecule has 21 heteroatoms. The van der Waals surface area contributed by atoms with Crippen LogP contribution in [0.2, 0.25) is 40.2 Å². The predicted molar refractivity (Wildman–Crippen MR) is 473 cm³/mol. The number of anilines is 8. The Morgan fingerprint density at radius 1 is 0.204 bits per heavy atom. The largest absolute Gasteiger partial charge is 2.00 e. The number of hydrogen-bond acceptors (Lipinski definition) is 10. The molecule has 0 spiro atoms. The number of nitrogens with zero attached hydrogens (tertiary/aromatic N) is 4. The smallest absolute Gasteiger partial charge is 0.657 e. The van der Waals surface area contributed by atoms with Crippen molar-refractivity contribution < 1.29 is 17.1 Å². The molecule has 563 valence electrons. The second kappa shape index (κ2) is 34.1. The van der Waals surface area contributed by atoms with Crippen LogP contribution in [0.4, 0.5) is 45.5 Å². The van der Waals surface area contributed by atoms with Gasteiger partial charge in [0.1, 0.15) is 0 Å². The van der Waals surface area contributed by atoms with Crippen LogP contribution in [0.5, 0.6) is 0 Å². The summed E-state index contributed by atoms with van der Waals surface area (Å²) in [6, 6.07) is 88.9. The van der Waals surface area contributed by atoms with E-state index in [0.29, 0.717) is 186 Å². The second-order valence-electron chi connectivity index (χ2n) is 27.3. The van der Waals surface area contributed by atoms with Crippen molar-refractivity contribution in [3.63, 3.8) is 0 Å². The fourth-order valence-corrected chi connectivity index (χ4v) is 16.8. The molecule has 2 aliphatic heterocycles. The van der Waals surface area contributed by atoms with E-state index in [1.165, 1.54) is 0 Å². The standard InChI is InChI=1S/C92H68Cl8N12.Cu/c93-77-78(94)86(102-46-54-27-11-2-12-28-54)70-62-42-64-72-74(90(106-50-58-35-19-6-20-36-58)82(98)81(97)88(72)104-48-56-31-15-4-16-32-56)66(111-64)44-68-76-75(91(107-51-59-37-21-7-22-38-59)83(99)84(100)92(76)108-52-60-39-23-8-24-40-60)67(112-68)43-65-73-71(63(110-65)41-61(109-62)69(70)85(77)101-45-53-25-9-1-10-26-53)87(103-47-55-29-13-3-14-30-55)79(95)80(96)89(73)105-49-57-33-17-5-18-34-57;/h1-44,101-108H,45-52H2;/q-2;+2. The number of rotatable bonds is 24. The second-order valence-corrected chi connectivity index (χ2v) is 30.4. The van der Waals surface area contributed by atoms with Gasteiger partial charge in [0.15, 0.2) is 0 Å². The molecule has 12 aromatic carbocycles. The van der Waals surface area contributed by atoms with Crippen molar-refractivity contribution in [3.8, 4) is 45.0 Å². The molecular formula is C92H68Cl8CuN12. The van der Waals surface area contributed by atoms with Gasteiger partial charge in [0.25, 0.3) is 0 Å². The molecule has 8 N–H and O–H groups in total. The van der Waals surface area contributed by atoms with Gasteiger partial charge in [0, 0.05) is 74.6 Å². The minimum atomic E-state index is 0.